The summed E-state index contributed by atoms with van der Waals surface area (Å²) in [5.74, 6) is 0.455. The monoisotopic (exact) mass is 848 g/mol. The van der Waals surface area contributed by atoms with Crippen LogP contribution in [0.15, 0.2) is 72.8 Å². The number of nitro groups is 1. The Morgan fingerprint density at radius 2 is 1.13 bits per heavy atom. The summed E-state index contributed by atoms with van der Waals surface area (Å²) < 4.78 is 36.3. The number of nitro benzene ring substituents is 1. The van der Waals surface area contributed by atoms with E-state index in [1.165, 1.54) is 6.07 Å². The first-order valence-electron chi connectivity index (χ1n) is 21.5. The van der Waals surface area contributed by atoms with Crippen molar-refractivity contribution in [2.45, 2.75) is 124 Å². The van der Waals surface area contributed by atoms with Crippen LogP contribution in [0.25, 0.3) is 11.0 Å². The van der Waals surface area contributed by atoms with Crippen molar-refractivity contribution in [1.82, 2.24) is 9.55 Å². The fourth-order valence-electron chi connectivity index (χ4n) is 7.83. The zero-order chi connectivity index (χ0) is 44.4. The van der Waals surface area contributed by atoms with Crippen molar-refractivity contribution in [3.8, 4) is 0 Å². The first kappa shape index (κ1) is 47.5. The minimum atomic E-state index is -0.504. The third kappa shape index (κ3) is 14.8. The fraction of sp³-hybridized carbons (Fsp3) is 0.587. The Kier molecular flexibility index (Phi) is 16.4. The number of ether oxygens (including phenoxy) is 6. The summed E-state index contributed by atoms with van der Waals surface area (Å²) in [5.41, 5.74) is 16.4. The highest BCUT2D eigenvalue weighted by molar-refractivity contribution is 5.78. The molecule has 3 aliphatic heterocycles. The maximum atomic E-state index is 10.9. The molecule has 3 saturated heterocycles. The molecule has 336 valence electrons. The fourth-order valence-corrected chi connectivity index (χ4v) is 7.83. The molecule has 0 aliphatic carbocycles. The molecule has 7 rings (SSSR count). The van der Waals surface area contributed by atoms with Crippen LogP contribution >= 0.6 is 0 Å². The molecule has 4 aromatic rings. The van der Waals surface area contributed by atoms with E-state index in [9.17, 15) is 10.1 Å². The van der Waals surface area contributed by atoms with Crippen LogP contribution in [-0.4, -0.2) is 83.1 Å². The number of nitrogens with one attached hydrogen (secondary N) is 2. The lowest BCUT2D eigenvalue weighted by Gasteiger charge is -2.20. The third-order valence-electron chi connectivity index (χ3n) is 10.7. The SMILES string of the molecule is C[C@@H](CNc1ccccc1N)C[C@H]1COC(C)(C)O1.C[C@@H](CNc1ccccc1[N+](=O)[O-])C[C@H]1COC(C)(C)O1.C[C@H](C[C@H]1COC(C)(C)O1)Cn1c(N)nc2ccccc21. The van der Waals surface area contributed by atoms with Gasteiger partial charge in [0.15, 0.2) is 17.4 Å². The van der Waals surface area contributed by atoms with Gasteiger partial charge in [0.25, 0.3) is 5.69 Å². The number of hydrogen-bond acceptors (Lipinski definition) is 13. The van der Waals surface area contributed by atoms with Crippen molar-refractivity contribution in [2.75, 3.05) is 55.0 Å². The number of benzene rings is 3. The minimum absolute atomic E-state index is 0.0857. The molecule has 0 spiro atoms. The molecule has 0 bridgehead atoms. The van der Waals surface area contributed by atoms with Gasteiger partial charge < -0.3 is 55.1 Å². The average Bonchev–Trinajstić information content (AvgIpc) is 3.93. The van der Waals surface area contributed by atoms with Crippen LogP contribution in [0.5, 0.6) is 0 Å². The number of aromatic nitrogens is 2. The van der Waals surface area contributed by atoms with Crippen molar-refractivity contribution in [2.24, 2.45) is 17.8 Å². The molecule has 6 atom stereocenters. The summed E-state index contributed by atoms with van der Waals surface area (Å²) in [6, 6.07) is 22.6. The maximum Gasteiger partial charge on any atom is 0.292 e. The lowest BCUT2D eigenvalue weighted by atomic mass is 10.0. The largest absolute Gasteiger partial charge is 0.397 e. The number of rotatable bonds is 15. The summed E-state index contributed by atoms with van der Waals surface area (Å²) in [6.45, 7) is 22.5. The molecule has 4 heterocycles. The van der Waals surface area contributed by atoms with Gasteiger partial charge in [-0.15, -0.1) is 0 Å². The molecular weight excluding hydrogens is 779 g/mol. The third-order valence-corrected chi connectivity index (χ3v) is 10.7. The molecular formula is C46H69N7O8. The number of anilines is 4. The lowest BCUT2D eigenvalue weighted by molar-refractivity contribution is -0.384. The van der Waals surface area contributed by atoms with Crippen molar-refractivity contribution < 1.29 is 33.3 Å². The highest BCUT2D eigenvalue weighted by atomic mass is 16.8. The summed E-state index contributed by atoms with van der Waals surface area (Å²) in [6.07, 6.45) is 3.24. The van der Waals surface area contributed by atoms with E-state index in [1.54, 1.807) is 18.2 Å². The maximum absolute atomic E-state index is 10.9. The Balaban J connectivity index is 0.000000173. The molecule has 3 aromatic carbocycles. The molecule has 3 aliphatic rings. The van der Waals surface area contributed by atoms with E-state index in [0.717, 1.165) is 54.8 Å². The van der Waals surface area contributed by atoms with Gasteiger partial charge in [-0.2, -0.15) is 0 Å². The van der Waals surface area contributed by atoms with Crippen molar-refractivity contribution >= 4 is 39.7 Å². The second-order valence-corrected chi connectivity index (χ2v) is 18.1. The number of nitrogen functional groups attached to an aromatic ring is 2. The van der Waals surface area contributed by atoms with Crippen LogP contribution in [0.3, 0.4) is 0 Å². The minimum Gasteiger partial charge on any atom is -0.397 e. The van der Waals surface area contributed by atoms with Gasteiger partial charge in [0, 0.05) is 25.7 Å². The molecule has 0 unspecified atom stereocenters. The smallest absolute Gasteiger partial charge is 0.292 e. The summed E-state index contributed by atoms with van der Waals surface area (Å²) in [5, 5.41) is 17.5. The Hall–Kier alpha value is -4.51. The normalized spacial score (nSPS) is 22.6. The van der Waals surface area contributed by atoms with E-state index >= 15 is 0 Å². The van der Waals surface area contributed by atoms with E-state index in [-0.39, 0.29) is 28.9 Å². The van der Waals surface area contributed by atoms with Crippen LogP contribution in [0.1, 0.15) is 81.6 Å². The van der Waals surface area contributed by atoms with Gasteiger partial charge in [0.05, 0.1) is 65.5 Å². The number of nitrogens with two attached hydrogens (primary N) is 2. The number of fused-ring (bicyclic) bond motifs is 1. The second kappa shape index (κ2) is 21.0. The Bertz CT molecular complexity index is 2010. The highest BCUT2D eigenvalue weighted by Crippen LogP contribution is 2.30. The van der Waals surface area contributed by atoms with Gasteiger partial charge >= 0.3 is 0 Å². The molecule has 0 saturated carbocycles. The number of para-hydroxylation sites is 6. The molecule has 61 heavy (non-hydrogen) atoms. The van der Waals surface area contributed by atoms with Gasteiger partial charge in [-0.05, 0) is 109 Å². The number of nitrogens with zero attached hydrogens (tertiary/aromatic N) is 3. The Morgan fingerprint density at radius 3 is 1.62 bits per heavy atom. The molecule has 15 nitrogen and oxygen atoms in total. The van der Waals surface area contributed by atoms with Crippen molar-refractivity contribution in [1.29, 1.82) is 0 Å². The van der Waals surface area contributed by atoms with Crippen LogP contribution < -0.4 is 22.1 Å². The van der Waals surface area contributed by atoms with E-state index in [2.05, 4.69) is 47.0 Å². The van der Waals surface area contributed by atoms with Gasteiger partial charge in [-0.1, -0.05) is 57.2 Å². The van der Waals surface area contributed by atoms with Gasteiger partial charge in [-0.25, -0.2) is 4.98 Å². The average molecular weight is 848 g/mol. The predicted octanol–water partition coefficient (Wildman–Crippen LogP) is 8.84. The summed E-state index contributed by atoms with van der Waals surface area (Å²) >= 11 is 0. The molecule has 1 aromatic heterocycles. The molecule has 3 fully saturated rings. The van der Waals surface area contributed by atoms with Gasteiger partial charge in [0.2, 0.25) is 5.95 Å². The van der Waals surface area contributed by atoms with Crippen LogP contribution in [-0.2, 0) is 35.0 Å². The van der Waals surface area contributed by atoms with Crippen molar-refractivity contribution in [3.05, 3.63) is 82.9 Å². The molecule has 6 N–H and O–H groups in total. The number of hydrogen-bond donors (Lipinski definition) is 4. The topological polar surface area (TPSA) is 192 Å². The number of imidazole rings is 1. The van der Waals surface area contributed by atoms with E-state index in [0.29, 0.717) is 55.8 Å². The van der Waals surface area contributed by atoms with E-state index in [4.69, 9.17) is 39.9 Å². The standard InChI is InChI=1S/C16H23N3O2.C15H22N2O4.C15H24N2O2/c1-11(8-12-10-20-16(2,3)21-12)9-19-14-7-5-4-6-13(14)18-15(19)17;1-11(8-12-10-20-15(2,3)21-12)9-16-13-6-4-5-7-14(13)17(18)19;1-11(8-12-10-18-15(2,3)19-12)9-17-14-7-5-4-6-13(14)16/h4-7,11-12H,8-10H2,1-3H3,(H2,17,18);4-7,11-12,16H,8-10H2,1-3H3;4-7,11-12,17H,8-10,16H2,1-3H3/t3*11-,12+/m111/s1. The van der Waals surface area contributed by atoms with Gasteiger partial charge in [0.1, 0.15) is 5.69 Å². The Morgan fingerprint density at radius 1 is 0.689 bits per heavy atom. The summed E-state index contributed by atoms with van der Waals surface area (Å²) in [7, 11) is 0. The second-order valence-electron chi connectivity index (χ2n) is 18.1. The van der Waals surface area contributed by atoms with Crippen LogP contribution in [0.2, 0.25) is 0 Å². The first-order valence-corrected chi connectivity index (χ1v) is 21.5. The zero-order valence-corrected chi connectivity index (χ0v) is 37.5. The van der Waals surface area contributed by atoms with Crippen molar-refractivity contribution in [3.63, 3.8) is 0 Å². The quantitative estimate of drug-likeness (QED) is 0.0504. The first-order chi connectivity index (χ1) is 28.8. The predicted molar refractivity (Wildman–Crippen MR) is 241 cm³/mol. The van der Waals surface area contributed by atoms with E-state index in [1.807, 2.05) is 84.0 Å². The molecule has 0 radical (unpaired) electrons. The zero-order valence-electron chi connectivity index (χ0n) is 37.5. The molecule has 0 amide bonds. The van der Waals surface area contributed by atoms with Crippen LogP contribution in [0, 0.1) is 27.9 Å². The van der Waals surface area contributed by atoms with Gasteiger partial charge in [-0.3, -0.25) is 10.1 Å². The lowest BCUT2D eigenvalue weighted by Crippen LogP contribution is -2.24. The van der Waals surface area contributed by atoms with E-state index < -0.39 is 17.4 Å². The summed E-state index contributed by atoms with van der Waals surface area (Å²) in [4.78, 5) is 15.0. The molecule has 15 heteroatoms. The Labute approximate surface area is 361 Å². The highest BCUT2D eigenvalue weighted by Gasteiger charge is 2.35. The van der Waals surface area contributed by atoms with Crippen LogP contribution in [0.4, 0.5) is 28.7 Å².